The van der Waals surface area contributed by atoms with Crippen molar-refractivity contribution < 1.29 is 18.8 Å². The molecule has 146 valence electrons. The van der Waals surface area contributed by atoms with E-state index in [2.05, 4.69) is 15.7 Å². The number of halogens is 1. The van der Waals surface area contributed by atoms with Crippen LogP contribution in [0.1, 0.15) is 37.8 Å². The fourth-order valence-electron chi connectivity index (χ4n) is 3.66. The number of benzene rings is 1. The zero-order chi connectivity index (χ0) is 19.7. The van der Waals surface area contributed by atoms with Gasteiger partial charge in [0, 0.05) is 10.9 Å². The van der Waals surface area contributed by atoms with Crippen molar-refractivity contribution >= 4 is 29.2 Å². The lowest BCUT2D eigenvalue weighted by Crippen LogP contribution is -2.51. The van der Waals surface area contributed by atoms with Gasteiger partial charge in [0.25, 0.3) is 5.91 Å². The first-order chi connectivity index (χ1) is 13.5. The SMILES string of the molecule is O=C(Cc1csc(-c2ccc(F)cc2)n1)NN1C(=O)NC2(CCCCC2)C1=O. The number of amides is 4. The molecule has 2 fully saturated rings. The number of urea groups is 1. The molecule has 4 rings (SSSR count). The van der Waals surface area contributed by atoms with Crippen LogP contribution >= 0.6 is 11.3 Å². The lowest BCUT2D eigenvalue weighted by Gasteiger charge is -2.30. The first kappa shape index (κ1) is 18.5. The summed E-state index contributed by atoms with van der Waals surface area (Å²) in [5.41, 5.74) is 2.80. The van der Waals surface area contributed by atoms with E-state index in [9.17, 15) is 18.8 Å². The van der Waals surface area contributed by atoms with Crippen molar-refractivity contribution in [1.29, 1.82) is 0 Å². The summed E-state index contributed by atoms with van der Waals surface area (Å²) in [5, 5.41) is 5.93. The number of carbonyl (C=O) groups is 3. The lowest BCUT2D eigenvalue weighted by atomic mass is 9.82. The molecule has 2 heterocycles. The molecule has 4 amide bonds. The summed E-state index contributed by atoms with van der Waals surface area (Å²) < 4.78 is 13.0. The van der Waals surface area contributed by atoms with Crippen molar-refractivity contribution in [3.05, 3.63) is 41.2 Å². The quantitative estimate of drug-likeness (QED) is 0.770. The molecule has 2 aromatic rings. The Bertz CT molecular complexity index is 922. The van der Waals surface area contributed by atoms with Crippen LogP contribution in [0, 0.1) is 5.82 Å². The van der Waals surface area contributed by atoms with Crippen LogP contribution in [0.3, 0.4) is 0 Å². The molecule has 1 aliphatic heterocycles. The molecule has 0 bridgehead atoms. The zero-order valence-electron chi connectivity index (χ0n) is 15.0. The van der Waals surface area contributed by atoms with Crippen LogP contribution in [-0.2, 0) is 16.0 Å². The third kappa shape index (κ3) is 3.49. The lowest BCUT2D eigenvalue weighted by molar-refractivity contribution is -0.139. The number of rotatable bonds is 4. The summed E-state index contributed by atoms with van der Waals surface area (Å²) in [6.45, 7) is 0. The highest BCUT2D eigenvalue weighted by Gasteiger charge is 2.52. The van der Waals surface area contributed by atoms with Gasteiger partial charge in [-0.05, 0) is 37.1 Å². The first-order valence-corrected chi connectivity index (χ1v) is 10.0. The fourth-order valence-corrected chi connectivity index (χ4v) is 4.48. The van der Waals surface area contributed by atoms with E-state index in [0.717, 1.165) is 29.8 Å². The van der Waals surface area contributed by atoms with Crippen LogP contribution in [0.2, 0.25) is 0 Å². The molecular formula is C19H19FN4O3S. The van der Waals surface area contributed by atoms with Gasteiger partial charge in [-0.25, -0.2) is 14.2 Å². The molecule has 1 aliphatic carbocycles. The maximum atomic E-state index is 13.0. The largest absolute Gasteiger partial charge is 0.344 e. The molecule has 2 aliphatic rings. The minimum atomic E-state index is -0.876. The number of thiazole rings is 1. The van der Waals surface area contributed by atoms with E-state index < -0.39 is 23.4 Å². The Morgan fingerprint density at radius 3 is 2.64 bits per heavy atom. The van der Waals surface area contributed by atoms with Crippen LogP contribution in [-0.4, -0.2) is 33.4 Å². The number of hydrogen-bond acceptors (Lipinski definition) is 5. The Labute approximate surface area is 164 Å². The number of hydrazine groups is 1. The normalized spacial score (nSPS) is 18.4. The standard InChI is InChI=1S/C19H19FN4O3S/c20-13-6-4-12(5-7-13)16-21-14(11-28-16)10-15(25)23-24-17(26)19(22-18(24)27)8-2-1-3-9-19/h4-7,11H,1-3,8-10H2,(H,22,27)(H,23,25). The summed E-state index contributed by atoms with van der Waals surface area (Å²) in [4.78, 5) is 41.6. The molecular weight excluding hydrogens is 383 g/mol. The zero-order valence-corrected chi connectivity index (χ0v) is 15.9. The minimum Gasteiger partial charge on any atom is -0.322 e. The Morgan fingerprint density at radius 1 is 1.21 bits per heavy atom. The number of imide groups is 1. The second kappa shape index (κ2) is 7.31. The van der Waals surface area contributed by atoms with Crippen molar-refractivity contribution in [2.24, 2.45) is 0 Å². The highest BCUT2D eigenvalue weighted by molar-refractivity contribution is 7.13. The monoisotopic (exact) mass is 402 g/mol. The number of nitrogens with one attached hydrogen (secondary N) is 2. The minimum absolute atomic E-state index is 0.0677. The average Bonchev–Trinajstić information content (AvgIpc) is 3.22. The van der Waals surface area contributed by atoms with Crippen LogP contribution in [0.25, 0.3) is 10.6 Å². The van der Waals surface area contributed by atoms with E-state index in [1.165, 1.54) is 23.5 Å². The molecule has 1 saturated heterocycles. The van der Waals surface area contributed by atoms with Gasteiger partial charge in [-0.15, -0.1) is 11.3 Å². The molecule has 2 N–H and O–H groups in total. The number of carbonyl (C=O) groups excluding carboxylic acids is 3. The summed E-state index contributed by atoms with van der Waals surface area (Å²) >= 11 is 1.34. The number of hydrogen-bond donors (Lipinski definition) is 2. The Balaban J connectivity index is 1.40. The molecule has 0 unspecified atom stereocenters. The first-order valence-electron chi connectivity index (χ1n) is 9.13. The van der Waals surface area contributed by atoms with Gasteiger partial charge in [-0.3, -0.25) is 15.0 Å². The summed E-state index contributed by atoms with van der Waals surface area (Å²) in [7, 11) is 0. The molecule has 1 saturated carbocycles. The molecule has 28 heavy (non-hydrogen) atoms. The topological polar surface area (TPSA) is 91.4 Å². The molecule has 1 aromatic heterocycles. The molecule has 0 atom stereocenters. The van der Waals surface area contributed by atoms with E-state index in [0.29, 0.717) is 23.5 Å². The average molecular weight is 402 g/mol. The second-order valence-corrected chi connectivity index (χ2v) is 7.93. The predicted octanol–water partition coefficient (Wildman–Crippen LogP) is 2.78. The summed E-state index contributed by atoms with van der Waals surface area (Å²) in [6.07, 6.45) is 3.91. The van der Waals surface area contributed by atoms with E-state index in [1.807, 2.05) is 0 Å². The van der Waals surface area contributed by atoms with Gasteiger partial charge in [0.05, 0.1) is 12.1 Å². The van der Waals surface area contributed by atoms with Crippen LogP contribution in [0.15, 0.2) is 29.6 Å². The van der Waals surface area contributed by atoms with Crippen molar-refractivity contribution in [1.82, 2.24) is 20.7 Å². The van der Waals surface area contributed by atoms with Gasteiger partial charge in [-0.2, -0.15) is 5.01 Å². The Hall–Kier alpha value is -2.81. The van der Waals surface area contributed by atoms with Crippen molar-refractivity contribution in [2.45, 2.75) is 44.1 Å². The smallest absolute Gasteiger partial charge is 0.322 e. The molecule has 1 aromatic carbocycles. The van der Waals surface area contributed by atoms with Crippen LogP contribution in [0.5, 0.6) is 0 Å². The van der Waals surface area contributed by atoms with Crippen LogP contribution < -0.4 is 10.7 Å². The Morgan fingerprint density at radius 2 is 1.93 bits per heavy atom. The maximum absolute atomic E-state index is 13.0. The third-order valence-corrected chi connectivity index (χ3v) is 6.03. The Kier molecular flexibility index (Phi) is 4.84. The van der Waals surface area contributed by atoms with E-state index in [4.69, 9.17) is 0 Å². The predicted molar refractivity (Wildman–Crippen MR) is 101 cm³/mol. The second-order valence-electron chi connectivity index (χ2n) is 7.08. The van der Waals surface area contributed by atoms with Gasteiger partial charge >= 0.3 is 6.03 Å². The van der Waals surface area contributed by atoms with Gasteiger partial charge in [0.15, 0.2) is 0 Å². The number of aromatic nitrogens is 1. The van der Waals surface area contributed by atoms with Crippen molar-refractivity contribution in [3.63, 3.8) is 0 Å². The molecule has 9 heteroatoms. The summed E-state index contributed by atoms with van der Waals surface area (Å²) in [6, 6.07) is 5.35. The van der Waals surface area contributed by atoms with Crippen LogP contribution in [0.4, 0.5) is 9.18 Å². The van der Waals surface area contributed by atoms with Gasteiger partial charge in [0.1, 0.15) is 16.4 Å². The maximum Gasteiger partial charge on any atom is 0.344 e. The van der Waals surface area contributed by atoms with E-state index >= 15 is 0 Å². The molecule has 1 spiro atoms. The van der Waals surface area contributed by atoms with Gasteiger partial charge in [-0.1, -0.05) is 19.3 Å². The number of nitrogens with zero attached hydrogens (tertiary/aromatic N) is 2. The fraction of sp³-hybridized carbons (Fsp3) is 0.368. The highest BCUT2D eigenvalue weighted by Crippen LogP contribution is 2.33. The summed E-state index contributed by atoms with van der Waals surface area (Å²) in [5.74, 6) is -1.22. The molecule has 0 radical (unpaired) electrons. The third-order valence-electron chi connectivity index (χ3n) is 5.09. The van der Waals surface area contributed by atoms with Crippen molar-refractivity contribution in [2.75, 3.05) is 0 Å². The van der Waals surface area contributed by atoms with Gasteiger partial charge < -0.3 is 5.32 Å². The highest BCUT2D eigenvalue weighted by atomic mass is 32.1. The van der Waals surface area contributed by atoms with Crippen molar-refractivity contribution in [3.8, 4) is 10.6 Å². The van der Waals surface area contributed by atoms with E-state index in [1.54, 1.807) is 17.5 Å². The van der Waals surface area contributed by atoms with Gasteiger partial charge in [0.2, 0.25) is 5.91 Å². The van der Waals surface area contributed by atoms with E-state index in [-0.39, 0.29) is 12.2 Å². The molecule has 7 nitrogen and oxygen atoms in total.